The standard InChI is InChI=1S/C17H26N2O/c1-2-3-14-8-9-17(20)19(11-10-14)13-16-6-4-15(12-18)5-7-16/h4-7,14H,2-3,8-13,18H2,1H3. The van der Waals surface area contributed by atoms with Gasteiger partial charge in [-0.3, -0.25) is 4.79 Å². The van der Waals surface area contributed by atoms with Crippen molar-refractivity contribution in [2.24, 2.45) is 11.7 Å². The maximum atomic E-state index is 12.2. The first-order chi connectivity index (χ1) is 9.72. The van der Waals surface area contributed by atoms with Crippen LogP contribution in [0.1, 0.15) is 50.2 Å². The van der Waals surface area contributed by atoms with Crippen molar-refractivity contribution >= 4 is 5.91 Å². The van der Waals surface area contributed by atoms with E-state index in [-0.39, 0.29) is 0 Å². The molecule has 0 bridgehead atoms. The van der Waals surface area contributed by atoms with E-state index < -0.39 is 0 Å². The second kappa shape index (κ2) is 7.44. The molecule has 1 saturated heterocycles. The number of hydrogen-bond donors (Lipinski definition) is 1. The molecule has 20 heavy (non-hydrogen) atoms. The molecule has 3 heteroatoms. The Hall–Kier alpha value is -1.35. The van der Waals surface area contributed by atoms with Crippen LogP contribution < -0.4 is 5.73 Å². The molecule has 0 radical (unpaired) electrons. The molecule has 0 saturated carbocycles. The zero-order chi connectivity index (χ0) is 14.4. The maximum absolute atomic E-state index is 12.2. The predicted octanol–water partition coefficient (Wildman–Crippen LogP) is 3.07. The van der Waals surface area contributed by atoms with Gasteiger partial charge in [-0.05, 0) is 29.9 Å². The van der Waals surface area contributed by atoms with Gasteiger partial charge in [0.05, 0.1) is 0 Å². The van der Waals surface area contributed by atoms with Crippen LogP contribution in [0.2, 0.25) is 0 Å². The predicted molar refractivity (Wildman–Crippen MR) is 82.0 cm³/mol. The van der Waals surface area contributed by atoms with Crippen molar-refractivity contribution < 1.29 is 4.79 Å². The van der Waals surface area contributed by atoms with Gasteiger partial charge in [0, 0.05) is 26.1 Å². The average molecular weight is 274 g/mol. The molecule has 1 aromatic carbocycles. The highest BCUT2D eigenvalue weighted by Crippen LogP contribution is 2.23. The summed E-state index contributed by atoms with van der Waals surface area (Å²) in [6.45, 7) is 4.44. The Kier molecular flexibility index (Phi) is 5.60. The third-order valence-electron chi connectivity index (χ3n) is 4.26. The molecular formula is C17H26N2O. The molecule has 1 aliphatic rings. The van der Waals surface area contributed by atoms with E-state index in [4.69, 9.17) is 5.73 Å². The minimum atomic E-state index is 0.312. The summed E-state index contributed by atoms with van der Waals surface area (Å²) in [4.78, 5) is 14.2. The molecule has 0 aliphatic carbocycles. The van der Waals surface area contributed by atoms with Gasteiger partial charge in [0.15, 0.2) is 0 Å². The van der Waals surface area contributed by atoms with Gasteiger partial charge in [-0.25, -0.2) is 0 Å². The Morgan fingerprint density at radius 3 is 2.55 bits per heavy atom. The zero-order valence-electron chi connectivity index (χ0n) is 12.5. The highest BCUT2D eigenvalue weighted by Gasteiger charge is 2.21. The molecule has 0 spiro atoms. The number of likely N-dealkylation sites (tertiary alicyclic amines) is 1. The minimum Gasteiger partial charge on any atom is -0.338 e. The van der Waals surface area contributed by atoms with Crippen molar-refractivity contribution in [3.8, 4) is 0 Å². The lowest BCUT2D eigenvalue weighted by Gasteiger charge is -2.21. The number of rotatable bonds is 5. The van der Waals surface area contributed by atoms with Crippen LogP contribution in [-0.2, 0) is 17.9 Å². The van der Waals surface area contributed by atoms with Crippen molar-refractivity contribution in [2.75, 3.05) is 6.54 Å². The molecule has 1 aromatic rings. The number of hydrogen-bond acceptors (Lipinski definition) is 2. The van der Waals surface area contributed by atoms with Gasteiger partial charge in [0.2, 0.25) is 5.91 Å². The minimum absolute atomic E-state index is 0.312. The Bertz CT molecular complexity index is 427. The number of carbonyl (C=O) groups excluding carboxylic acids is 1. The summed E-state index contributed by atoms with van der Waals surface area (Å²) in [6.07, 6.45) is 5.41. The largest absolute Gasteiger partial charge is 0.338 e. The maximum Gasteiger partial charge on any atom is 0.222 e. The summed E-state index contributed by atoms with van der Waals surface area (Å²) in [5.41, 5.74) is 7.94. The molecule has 0 aromatic heterocycles. The monoisotopic (exact) mass is 274 g/mol. The normalized spacial score (nSPS) is 20.0. The van der Waals surface area contributed by atoms with E-state index in [2.05, 4.69) is 31.2 Å². The molecule has 1 aliphatic heterocycles. The highest BCUT2D eigenvalue weighted by atomic mass is 16.2. The SMILES string of the molecule is CCCC1CCC(=O)N(Cc2ccc(CN)cc2)CC1. The lowest BCUT2D eigenvalue weighted by molar-refractivity contribution is -0.131. The second-order valence-electron chi connectivity index (χ2n) is 5.82. The van der Waals surface area contributed by atoms with E-state index >= 15 is 0 Å². The number of carbonyl (C=O) groups is 1. The molecule has 3 nitrogen and oxygen atoms in total. The zero-order valence-corrected chi connectivity index (χ0v) is 12.5. The third kappa shape index (κ3) is 4.07. The van der Waals surface area contributed by atoms with Crippen LogP contribution in [0.3, 0.4) is 0 Å². The van der Waals surface area contributed by atoms with Crippen LogP contribution in [0.4, 0.5) is 0 Å². The first-order valence-corrected chi connectivity index (χ1v) is 7.78. The van der Waals surface area contributed by atoms with E-state index in [0.29, 0.717) is 18.9 Å². The van der Waals surface area contributed by atoms with Crippen molar-refractivity contribution in [3.05, 3.63) is 35.4 Å². The number of benzene rings is 1. The molecule has 1 atom stereocenters. The molecule has 1 heterocycles. The molecule has 1 amide bonds. The number of nitrogens with two attached hydrogens (primary N) is 1. The van der Waals surface area contributed by atoms with Crippen LogP contribution >= 0.6 is 0 Å². The quantitative estimate of drug-likeness (QED) is 0.897. The van der Waals surface area contributed by atoms with E-state index in [1.54, 1.807) is 0 Å². The van der Waals surface area contributed by atoms with Gasteiger partial charge in [0.25, 0.3) is 0 Å². The van der Waals surface area contributed by atoms with Crippen molar-refractivity contribution in [2.45, 2.75) is 52.1 Å². The summed E-state index contributed by atoms with van der Waals surface area (Å²) in [5, 5.41) is 0. The lowest BCUT2D eigenvalue weighted by atomic mass is 9.96. The Balaban J connectivity index is 1.95. The average Bonchev–Trinajstić information content (AvgIpc) is 2.64. The van der Waals surface area contributed by atoms with Crippen molar-refractivity contribution in [1.29, 1.82) is 0 Å². The fraction of sp³-hybridized carbons (Fsp3) is 0.588. The number of amides is 1. The van der Waals surface area contributed by atoms with Crippen LogP contribution in [0.15, 0.2) is 24.3 Å². The summed E-state index contributed by atoms with van der Waals surface area (Å²) in [6, 6.07) is 8.28. The molecular weight excluding hydrogens is 248 g/mol. The first kappa shape index (κ1) is 15.0. The number of nitrogens with zero attached hydrogens (tertiary/aromatic N) is 1. The van der Waals surface area contributed by atoms with E-state index in [1.807, 2.05) is 4.90 Å². The Labute approximate surface area is 122 Å². The fourth-order valence-corrected chi connectivity index (χ4v) is 2.96. The first-order valence-electron chi connectivity index (χ1n) is 7.78. The van der Waals surface area contributed by atoms with Crippen LogP contribution in [0.25, 0.3) is 0 Å². The van der Waals surface area contributed by atoms with Crippen molar-refractivity contribution in [3.63, 3.8) is 0 Å². The summed E-state index contributed by atoms with van der Waals surface area (Å²) >= 11 is 0. The van der Waals surface area contributed by atoms with E-state index in [1.165, 1.54) is 18.4 Å². The van der Waals surface area contributed by atoms with Gasteiger partial charge in [-0.1, -0.05) is 44.0 Å². The van der Waals surface area contributed by atoms with Crippen LogP contribution in [0, 0.1) is 5.92 Å². The van der Waals surface area contributed by atoms with E-state index in [9.17, 15) is 4.79 Å². The molecule has 2 N–H and O–H groups in total. The second-order valence-corrected chi connectivity index (χ2v) is 5.82. The molecule has 1 fully saturated rings. The summed E-state index contributed by atoms with van der Waals surface area (Å²) in [5.74, 6) is 1.04. The molecule has 2 rings (SSSR count). The molecule has 110 valence electrons. The van der Waals surface area contributed by atoms with Gasteiger partial charge < -0.3 is 10.6 Å². The summed E-state index contributed by atoms with van der Waals surface area (Å²) < 4.78 is 0. The third-order valence-corrected chi connectivity index (χ3v) is 4.26. The Morgan fingerprint density at radius 1 is 1.20 bits per heavy atom. The van der Waals surface area contributed by atoms with Crippen molar-refractivity contribution in [1.82, 2.24) is 4.90 Å². The van der Waals surface area contributed by atoms with Crippen LogP contribution in [-0.4, -0.2) is 17.4 Å². The fourth-order valence-electron chi connectivity index (χ4n) is 2.96. The summed E-state index contributed by atoms with van der Waals surface area (Å²) in [7, 11) is 0. The topological polar surface area (TPSA) is 46.3 Å². The van der Waals surface area contributed by atoms with Gasteiger partial charge >= 0.3 is 0 Å². The van der Waals surface area contributed by atoms with E-state index in [0.717, 1.165) is 37.4 Å². The lowest BCUT2D eigenvalue weighted by Crippen LogP contribution is -2.29. The molecule has 1 unspecified atom stereocenters. The van der Waals surface area contributed by atoms with Gasteiger partial charge in [-0.2, -0.15) is 0 Å². The van der Waals surface area contributed by atoms with Crippen LogP contribution in [0.5, 0.6) is 0 Å². The highest BCUT2D eigenvalue weighted by molar-refractivity contribution is 5.76. The Morgan fingerprint density at radius 2 is 1.90 bits per heavy atom. The van der Waals surface area contributed by atoms with Gasteiger partial charge in [0.1, 0.15) is 0 Å². The smallest absolute Gasteiger partial charge is 0.222 e. The van der Waals surface area contributed by atoms with Gasteiger partial charge in [-0.15, -0.1) is 0 Å².